The molecule has 1 N–H and O–H groups in total. The Bertz CT molecular complexity index is 394. The lowest BCUT2D eigenvalue weighted by Gasteiger charge is -2.38. The molecular formula is C18H29NS. The number of hydrogen-bond acceptors (Lipinski definition) is 2. The topological polar surface area (TPSA) is 12.0 Å². The molecule has 1 aromatic rings. The van der Waals surface area contributed by atoms with Crippen molar-refractivity contribution in [2.24, 2.45) is 23.7 Å². The van der Waals surface area contributed by atoms with Crippen molar-refractivity contribution >= 4 is 11.3 Å². The van der Waals surface area contributed by atoms with E-state index in [0.717, 1.165) is 29.7 Å². The van der Waals surface area contributed by atoms with E-state index in [9.17, 15) is 0 Å². The van der Waals surface area contributed by atoms with Gasteiger partial charge in [-0.05, 0) is 91.1 Å². The number of rotatable bonds is 6. The second kappa shape index (κ2) is 6.62. The maximum absolute atomic E-state index is 3.78. The fourth-order valence-electron chi connectivity index (χ4n) is 3.80. The zero-order valence-electron chi connectivity index (χ0n) is 13.0. The lowest BCUT2D eigenvalue weighted by Crippen LogP contribution is -2.36. The van der Waals surface area contributed by atoms with Gasteiger partial charge in [0.15, 0.2) is 0 Å². The molecule has 2 aliphatic rings. The Morgan fingerprint density at radius 1 is 1.20 bits per heavy atom. The summed E-state index contributed by atoms with van der Waals surface area (Å²) in [5, 5.41) is 8.37. The summed E-state index contributed by atoms with van der Waals surface area (Å²) in [4.78, 5) is 0. The van der Waals surface area contributed by atoms with Gasteiger partial charge in [0.1, 0.15) is 0 Å². The van der Waals surface area contributed by atoms with Gasteiger partial charge in [0.05, 0.1) is 0 Å². The Morgan fingerprint density at radius 3 is 2.70 bits per heavy atom. The first-order valence-corrected chi connectivity index (χ1v) is 9.41. The van der Waals surface area contributed by atoms with Crippen molar-refractivity contribution in [1.29, 1.82) is 0 Å². The molecule has 2 aliphatic carbocycles. The average molecular weight is 292 g/mol. The van der Waals surface area contributed by atoms with Gasteiger partial charge >= 0.3 is 0 Å². The highest BCUT2D eigenvalue weighted by atomic mass is 32.1. The quantitative estimate of drug-likeness (QED) is 0.799. The molecule has 0 spiro atoms. The lowest BCUT2D eigenvalue weighted by molar-refractivity contribution is 0.144. The van der Waals surface area contributed by atoms with Crippen LogP contribution in [0.5, 0.6) is 0 Å². The molecule has 3 unspecified atom stereocenters. The third-order valence-electron chi connectivity index (χ3n) is 5.45. The second-order valence-corrected chi connectivity index (χ2v) is 8.14. The summed E-state index contributed by atoms with van der Waals surface area (Å²) in [6.07, 6.45) is 8.48. The summed E-state index contributed by atoms with van der Waals surface area (Å²) in [6.45, 7) is 6.09. The molecule has 1 aromatic heterocycles. The minimum absolute atomic E-state index is 0.859. The maximum atomic E-state index is 3.78. The van der Waals surface area contributed by atoms with Gasteiger partial charge in [-0.1, -0.05) is 13.8 Å². The molecule has 0 saturated heterocycles. The van der Waals surface area contributed by atoms with Crippen LogP contribution in [-0.2, 0) is 6.42 Å². The van der Waals surface area contributed by atoms with Crippen LogP contribution in [0, 0.1) is 23.7 Å². The van der Waals surface area contributed by atoms with Crippen LogP contribution in [0.15, 0.2) is 16.8 Å². The predicted molar refractivity (Wildman–Crippen MR) is 88.2 cm³/mol. The molecule has 1 nitrogen and oxygen atoms in total. The molecule has 20 heavy (non-hydrogen) atoms. The van der Waals surface area contributed by atoms with Crippen molar-refractivity contribution in [3.63, 3.8) is 0 Å². The van der Waals surface area contributed by atoms with Crippen LogP contribution in [-0.4, -0.2) is 12.6 Å². The Hall–Kier alpha value is -0.340. The van der Waals surface area contributed by atoms with Gasteiger partial charge in [-0.3, -0.25) is 0 Å². The minimum atomic E-state index is 0.859. The van der Waals surface area contributed by atoms with Crippen LogP contribution in [0.25, 0.3) is 0 Å². The van der Waals surface area contributed by atoms with E-state index in [1.165, 1.54) is 45.1 Å². The molecule has 0 radical (unpaired) electrons. The van der Waals surface area contributed by atoms with Gasteiger partial charge in [0.25, 0.3) is 0 Å². The van der Waals surface area contributed by atoms with E-state index < -0.39 is 0 Å². The molecule has 3 atom stereocenters. The molecule has 112 valence electrons. The van der Waals surface area contributed by atoms with Crippen LogP contribution in [0.4, 0.5) is 0 Å². The first-order chi connectivity index (χ1) is 9.72. The lowest BCUT2D eigenvalue weighted by atomic mass is 9.69. The molecule has 2 heteroatoms. The van der Waals surface area contributed by atoms with Gasteiger partial charge in [0.2, 0.25) is 0 Å². The maximum Gasteiger partial charge on any atom is 0.00683 e. The van der Waals surface area contributed by atoms with Crippen molar-refractivity contribution in [3.05, 3.63) is 22.4 Å². The predicted octanol–water partition coefficient (Wildman–Crippen LogP) is 4.73. The first kappa shape index (κ1) is 14.6. The second-order valence-electron chi connectivity index (χ2n) is 7.36. The molecule has 0 aliphatic heterocycles. The van der Waals surface area contributed by atoms with Crippen LogP contribution in [0.3, 0.4) is 0 Å². The SMILES string of the molecule is CC(C)C1CCC(CNC2CC2)C(Cc2ccsc2)C1. The Balaban J connectivity index is 1.60. The van der Waals surface area contributed by atoms with Crippen molar-refractivity contribution in [2.75, 3.05) is 6.54 Å². The van der Waals surface area contributed by atoms with Gasteiger partial charge in [0, 0.05) is 6.04 Å². The third kappa shape index (κ3) is 3.85. The smallest absolute Gasteiger partial charge is 0.00683 e. The zero-order valence-corrected chi connectivity index (χ0v) is 13.8. The van der Waals surface area contributed by atoms with Crippen LogP contribution in [0.2, 0.25) is 0 Å². The van der Waals surface area contributed by atoms with Crippen molar-refractivity contribution < 1.29 is 0 Å². The molecule has 3 rings (SSSR count). The largest absolute Gasteiger partial charge is 0.314 e. The summed E-state index contributed by atoms with van der Waals surface area (Å²) in [5.74, 6) is 3.62. The highest BCUT2D eigenvalue weighted by Crippen LogP contribution is 2.39. The summed E-state index contributed by atoms with van der Waals surface area (Å²) in [5.41, 5.74) is 1.57. The highest BCUT2D eigenvalue weighted by molar-refractivity contribution is 7.07. The van der Waals surface area contributed by atoms with Crippen molar-refractivity contribution in [1.82, 2.24) is 5.32 Å². The fraction of sp³-hybridized carbons (Fsp3) is 0.778. The van der Waals surface area contributed by atoms with Gasteiger partial charge < -0.3 is 5.32 Å². The van der Waals surface area contributed by atoms with Crippen LogP contribution in [0.1, 0.15) is 51.5 Å². The monoisotopic (exact) mass is 291 g/mol. The molecule has 0 aromatic carbocycles. The first-order valence-electron chi connectivity index (χ1n) is 8.47. The molecular weight excluding hydrogens is 262 g/mol. The van der Waals surface area contributed by atoms with Crippen LogP contribution < -0.4 is 5.32 Å². The Labute approximate surface area is 128 Å². The molecule has 0 amide bonds. The standard InChI is InChI=1S/C18H29NS/c1-13(2)15-3-4-16(11-19-18-5-6-18)17(10-15)9-14-7-8-20-12-14/h7-8,12-13,15-19H,3-6,9-11H2,1-2H3. The highest BCUT2D eigenvalue weighted by Gasteiger charge is 2.33. The molecule has 2 fully saturated rings. The molecule has 0 bridgehead atoms. The zero-order chi connectivity index (χ0) is 13.9. The van der Waals surface area contributed by atoms with E-state index in [1.807, 2.05) is 11.3 Å². The third-order valence-corrected chi connectivity index (χ3v) is 6.18. The summed E-state index contributed by atoms with van der Waals surface area (Å²) in [6, 6.07) is 3.19. The van der Waals surface area contributed by atoms with E-state index in [4.69, 9.17) is 0 Å². The van der Waals surface area contributed by atoms with Crippen molar-refractivity contribution in [2.45, 2.75) is 58.4 Å². The molecule has 2 saturated carbocycles. The van der Waals surface area contributed by atoms with Gasteiger partial charge in [-0.2, -0.15) is 11.3 Å². The van der Waals surface area contributed by atoms with E-state index in [1.54, 1.807) is 5.56 Å². The van der Waals surface area contributed by atoms with E-state index in [0.29, 0.717) is 0 Å². The Kier molecular flexibility index (Phi) is 4.83. The average Bonchev–Trinajstić information content (AvgIpc) is 3.13. The van der Waals surface area contributed by atoms with Gasteiger partial charge in [-0.15, -0.1) is 0 Å². The summed E-state index contributed by atoms with van der Waals surface area (Å²) < 4.78 is 0. The molecule has 1 heterocycles. The summed E-state index contributed by atoms with van der Waals surface area (Å²) in [7, 11) is 0. The Morgan fingerprint density at radius 2 is 2.05 bits per heavy atom. The van der Waals surface area contributed by atoms with E-state index in [2.05, 4.69) is 36.0 Å². The minimum Gasteiger partial charge on any atom is -0.314 e. The number of hydrogen-bond donors (Lipinski definition) is 1. The van der Waals surface area contributed by atoms with Gasteiger partial charge in [-0.25, -0.2) is 0 Å². The number of thiophene rings is 1. The fourth-order valence-corrected chi connectivity index (χ4v) is 4.49. The van der Waals surface area contributed by atoms with E-state index >= 15 is 0 Å². The normalized spacial score (nSPS) is 30.9. The van der Waals surface area contributed by atoms with Crippen LogP contribution >= 0.6 is 11.3 Å². The summed E-state index contributed by atoms with van der Waals surface area (Å²) >= 11 is 1.85. The van der Waals surface area contributed by atoms with E-state index in [-0.39, 0.29) is 0 Å². The number of nitrogens with one attached hydrogen (secondary N) is 1. The van der Waals surface area contributed by atoms with Crippen molar-refractivity contribution in [3.8, 4) is 0 Å².